The molecule has 15 heavy (non-hydrogen) atoms. The van der Waals surface area contributed by atoms with Crippen LogP contribution < -0.4 is 5.32 Å². The quantitative estimate of drug-likeness (QED) is 0.837. The zero-order valence-electron chi connectivity index (χ0n) is 8.74. The van der Waals surface area contributed by atoms with Gasteiger partial charge < -0.3 is 10.2 Å². The number of hydrogen-bond acceptors (Lipinski definition) is 2. The van der Waals surface area contributed by atoms with Crippen LogP contribution in [-0.4, -0.2) is 30.6 Å². The fourth-order valence-corrected chi connectivity index (χ4v) is 2.49. The molecule has 1 saturated heterocycles. The van der Waals surface area contributed by atoms with Crippen LogP contribution in [0.3, 0.4) is 0 Å². The second kappa shape index (κ2) is 5.16. The average molecular weight is 224 g/mol. The highest BCUT2D eigenvalue weighted by Gasteiger charge is 2.16. The predicted octanol–water partition coefficient (Wildman–Crippen LogP) is 2.10. The number of nitrogens with one attached hydrogen (secondary N) is 1. The van der Waals surface area contributed by atoms with Crippen molar-refractivity contribution in [3.8, 4) is 0 Å². The van der Waals surface area contributed by atoms with E-state index in [2.05, 4.69) is 16.8 Å². The molecule has 0 bridgehead atoms. The van der Waals surface area contributed by atoms with Gasteiger partial charge >= 0.3 is 6.03 Å². The summed E-state index contributed by atoms with van der Waals surface area (Å²) >= 11 is 1.74. The van der Waals surface area contributed by atoms with Gasteiger partial charge in [-0.1, -0.05) is 6.07 Å². The number of rotatable bonds is 3. The molecule has 82 valence electrons. The minimum Gasteiger partial charge on any atom is -0.338 e. The first-order chi connectivity index (χ1) is 7.36. The highest BCUT2D eigenvalue weighted by molar-refractivity contribution is 7.09. The topological polar surface area (TPSA) is 32.3 Å². The van der Waals surface area contributed by atoms with Gasteiger partial charge in [0.15, 0.2) is 0 Å². The number of thiophene rings is 1. The molecule has 4 heteroatoms. The van der Waals surface area contributed by atoms with Gasteiger partial charge in [0.25, 0.3) is 0 Å². The van der Waals surface area contributed by atoms with Crippen LogP contribution in [0.1, 0.15) is 17.7 Å². The molecule has 0 aromatic carbocycles. The Morgan fingerprint density at radius 3 is 2.93 bits per heavy atom. The van der Waals surface area contributed by atoms with Crippen molar-refractivity contribution >= 4 is 17.4 Å². The fourth-order valence-electron chi connectivity index (χ4n) is 1.78. The van der Waals surface area contributed by atoms with Crippen molar-refractivity contribution in [3.63, 3.8) is 0 Å². The highest BCUT2D eigenvalue weighted by atomic mass is 32.1. The summed E-state index contributed by atoms with van der Waals surface area (Å²) in [5.74, 6) is 0. The number of nitrogens with zero attached hydrogens (tertiary/aromatic N) is 1. The zero-order chi connectivity index (χ0) is 10.5. The van der Waals surface area contributed by atoms with Gasteiger partial charge in [0.05, 0.1) is 0 Å². The van der Waals surface area contributed by atoms with Crippen LogP contribution in [0.2, 0.25) is 0 Å². The molecule has 0 unspecified atom stereocenters. The van der Waals surface area contributed by atoms with E-state index in [1.807, 2.05) is 11.0 Å². The molecule has 3 nitrogen and oxygen atoms in total. The number of urea groups is 1. The van der Waals surface area contributed by atoms with Gasteiger partial charge in [-0.25, -0.2) is 4.79 Å². The Labute approximate surface area is 94.1 Å². The molecular formula is C11H16N2OS. The van der Waals surface area contributed by atoms with E-state index in [1.54, 1.807) is 11.3 Å². The molecule has 2 amide bonds. The van der Waals surface area contributed by atoms with Crippen molar-refractivity contribution < 1.29 is 4.79 Å². The van der Waals surface area contributed by atoms with Gasteiger partial charge in [-0.05, 0) is 30.7 Å². The van der Waals surface area contributed by atoms with Crippen LogP contribution in [0.25, 0.3) is 0 Å². The van der Waals surface area contributed by atoms with Crippen molar-refractivity contribution in [1.82, 2.24) is 10.2 Å². The number of carbonyl (C=O) groups excluding carboxylic acids is 1. The summed E-state index contributed by atoms with van der Waals surface area (Å²) in [6, 6.07) is 4.25. The van der Waals surface area contributed by atoms with E-state index in [4.69, 9.17) is 0 Å². The molecule has 0 saturated carbocycles. The van der Waals surface area contributed by atoms with Gasteiger partial charge in [0, 0.05) is 24.5 Å². The maximum Gasteiger partial charge on any atom is 0.317 e. The summed E-state index contributed by atoms with van der Waals surface area (Å²) in [5, 5.41) is 5.02. The molecule has 1 aliphatic rings. The summed E-state index contributed by atoms with van der Waals surface area (Å²) < 4.78 is 0. The normalized spacial score (nSPS) is 15.6. The Bertz CT molecular complexity index is 304. The van der Waals surface area contributed by atoms with Gasteiger partial charge in [0.2, 0.25) is 0 Å². The summed E-state index contributed by atoms with van der Waals surface area (Å²) in [5.41, 5.74) is 0. The second-order valence-corrected chi connectivity index (χ2v) is 4.79. The van der Waals surface area contributed by atoms with Crippen molar-refractivity contribution in [1.29, 1.82) is 0 Å². The van der Waals surface area contributed by atoms with Gasteiger partial charge in [0.1, 0.15) is 0 Å². The Morgan fingerprint density at radius 1 is 1.47 bits per heavy atom. The van der Waals surface area contributed by atoms with E-state index < -0.39 is 0 Å². The summed E-state index contributed by atoms with van der Waals surface area (Å²) in [4.78, 5) is 14.8. The molecule has 2 rings (SSSR count). The molecule has 0 atom stereocenters. The minimum atomic E-state index is 0.101. The lowest BCUT2D eigenvalue weighted by molar-refractivity contribution is 0.209. The molecule has 0 radical (unpaired) electrons. The van der Waals surface area contributed by atoms with E-state index in [-0.39, 0.29) is 6.03 Å². The van der Waals surface area contributed by atoms with Crippen LogP contribution in [0, 0.1) is 0 Å². The number of likely N-dealkylation sites (tertiary alicyclic amines) is 1. The third-order valence-corrected chi connectivity index (χ3v) is 3.56. The average Bonchev–Trinajstić information content (AvgIpc) is 2.90. The maximum absolute atomic E-state index is 11.6. The smallest absolute Gasteiger partial charge is 0.317 e. The SMILES string of the molecule is O=C(NCCc1cccs1)N1CCCC1. The Kier molecular flexibility index (Phi) is 3.61. The molecule has 1 N–H and O–H groups in total. The zero-order valence-corrected chi connectivity index (χ0v) is 9.55. The Morgan fingerprint density at radius 2 is 2.27 bits per heavy atom. The molecule has 1 aromatic heterocycles. The number of hydrogen-bond donors (Lipinski definition) is 1. The van der Waals surface area contributed by atoms with Crippen LogP contribution >= 0.6 is 11.3 Å². The van der Waals surface area contributed by atoms with Crippen LogP contribution in [0.4, 0.5) is 4.79 Å². The van der Waals surface area contributed by atoms with Crippen LogP contribution in [-0.2, 0) is 6.42 Å². The van der Waals surface area contributed by atoms with E-state index in [0.29, 0.717) is 0 Å². The highest BCUT2D eigenvalue weighted by Crippen LogP contribution is 2.09. The lowest BCUT2D eigenvalue weighted by atomic mass is 10.3. The van der Waals surface area contributed by atoms with Crippen LogP contribution in [0.15, 0.2) is 17.5 Å². The van der Waals surface area contributed by atoms with Gasteiger partial charge in [-0.15, -0.1) is 11.3 Å². The monoisotopic (exact) mass is 224 g/mol. The van der Waals surface area contributed by atoms with Gasteiger partial charge in [-0.2, -0.15) is 0 Å². The van der Waals surface area contributed by atoms with Crippen molar-refractivity contribution in [2.45, 2.75) is 19.3 Å². The Hall–Kier alpha value is -1.03. The second-order valence-electron chi connectivity index (χ2n) is 3.76. The van der Waals surface area contributed by atoms with Crippen molar-refractivity contribution in [2.24, 2.45) is 0 Å². The van der Waals surface area contributed by atoms with Gasteiger partial charge in [-0.3, -0.25) is 0 Å². The lowest BCUT2D eigenvalue weighted by Crippen LogP contribution is -2.38. The summed E-state index contributed by atoms with van der Waals surface area (Å²) in [6.45, 7) is 2.59. The molecule has 1 aromatic rings. The number of amides is 2. The van der Waals surface area contributed by atoms with Crippen molar-refractivity contribution in [2.75, 3.05) is 19.6 Å². The summed E-state index contributed by atoms with van der Waals surface area (Å²) in [7, 11) is 0. The maximum atomic E-state index is 11.6. The molecule has 2 heterocycles. The lowest BCUT2D eigenvalue weighted by Gasteiger charge is -2.15. The van der Waals surface area contributed by atoms with E-state index in [0.717, 1.165) is 38.9 Å². The molecule has 1 aliphatic heterocycles. The van der Waals surface area contributed by atoms with E-state index in [1.165, 1.54) is 4.88 Å². The standard InChI is InChI=1S/C11H16N2OS/c14-11(13-7-1-2-8-13)12-6-5-10-4-3-9-15-10/h3-4,9H,1-2,5-8H2,(H,12,14). The summed E-state index contributed by atoms with van der Waals surface area (Å²) in [6.07, 6.45) is 3.24. The first-order valence-electron chi connectivity index (χ1n) is 5.41. The molecule has 0 aliphatic carbocycles. The van der Waals surface area contributed by atoms with E-state index >= 15 is 0 Å². The molecule has 0 spiro atoms. The first kappa shape index (κ1) is 10.5. The number of carbonyl (C=O) groups is 1. The van der Waals surface area contributed by atoms with E-state index in [9.17, 15) is 4.79 Å². The third kappa shape index (κ3) is 2.96. The van der Waals surface area contributed by atoms with Crippen molar-refractivity contribution in [3.05, 3.63) is 22.4 Å². The Balaban J connectivity index is 1.67. The predicted molar refractivity (Wildman–Crippen MR) is 62.2 cm³/mol. The largest absolute Gasteiger partial charge is 0.338 e. The fraction of sp³-hybridized carbons (Fsp3) is 0.545. The minimum absolute atomic E-state index is 0.101. The van der Waals surface area contributed by atoms with Crippen LogP contribution in [0.5, 0.6) is 0 Å². The first-order valence-corrected chi connectivity index (χ1v) is 6.29. The molecular weight excluding hydrogens is 208 g/mol. The third-order valence-electron chi connectivity index (χ3n) is 2.62. The molecule has 1 fully saturated rings.